The first kappa shape index (κ1) is 15.9. The number of aryl methyl sites for hydroxylation is 1. The highest BCUT2D eigenvalue weighted by atomic mass is 32.2. The number of anilines is 1. The fourth-order valence-corrected chi connectivity index (χ4v) is 3.15. The Kier molecular flexibility index (Phi) is 6.11. The van der Waals surface area contributed by atoms with Gasteiger partial charge in [-0.1, -0.05) is 31.9 Å². The summed E-state index contributed by atoms with van der Waals surface area (Å²) in [5.74, 6) is 1.01. The standard InChI is InChI=1S/C16H22N2O2S/c1-2-3-4-5-13-6-8-14(9-7-13)17-15(19)10-18-12-21-11-16(18)20/h6-9H,2-5,10-12H2,1H3,(H,17,19). The van der Waals surface area contributed by atoms with Gasteiger partial charge in [0.05, 0.1) is 11.6 Å². The van der Waals surface area contributed by atoms with Crippen molar-refractivity contribution >= 4 is 29.3 Å². The summed E-state index contributed by atoms with van der Waals surface area (Å²) in [7, 11) is 0. The van der Waals surface area contributed by atoms with Gasteiger partial charge in [0.25, 0.3) is 0 Å². The van der Waals surface area contributed by atoms with Crippen molar-refractivity contribution < 1.29 is 9.59 Å². The van der Waals surface area contributed by atoms with Crippen LogP contribution in [-0.4, -0.2) is 34.9 Å². The number of carbonyl (C=O) groups excluding carboxylic acids is 2. The number of hydrogen-bond acceptors (Lipinski definition) is 3. The molecular weight excluding hydrogens is 284 g/mol. The molecule has 0 spiro atoms. The van der Waals surface area contributed by atoms with Gasteiger partial charge < -0.3 is 10.2 Å². The number of amides is 2. The lowest BCUT2D eigenvalue weighted by molar-refractivity contribution is -0.130. The molecule has 114 valence electrons. The molecule has 1 aliphatic rings. The molecule has 0 saturated carbocycles. The second-order valence-electron chi connectivity index (χ2n) is 5.27. The quantitative estimate of drug-likeness (QED) is 0.788. The molecule has 1 saturated heterocycles. The van der Waals surface area contributed by atoms with Crippen LogP contribution in [0.5, 0.6) is 0 Å². The molecule has 1 aliphatic heterocycles. The fraction of sp³-hybridized carbons (Fsp3) is 0.500. The second-order valence-corrected chi connectivity index (χ2v) is 6.23. The number of nitrogens with one attached hydrogen (secondary N) is 1. The number of rotatable bonds is 7. The molecule has 0 aromatic heterocycles. The molecule has 0 bridgehead atoms. The van der Waals surface area contributed by atoms with Crippen molar-refractivity contribution in [1.29, 1.82) is 0 Å². The minimum Gasteiger partial charge on any atom is -0.325 e. The Balaban J connectivity index is 1.79. The van der Waals surface area contributed by atoms with Gasteiger partial charge in [0.15, 0.2) is 0 Å². The molecule has 1 aromatic carbocycles. The van der Waals surface area contributed by atoms with Crippen molar-refractivity contribution in [1.82, 2.24) is 4.90 Å². The van der Waals surface area contributed by atoms with E-state index >= 15 is 0 Å². The van der Waals surface area contributed by atoms with Crippen molar-refractivity contribution in [3.63, 3.8) is 0 Å². The molecule has 5 heteroatoms. The van der Waals surface area contributed by atoms with Crippen molar-refractivity contribution in [2.45, 2.75) is 32.6 Å². The van der Waals surface area contributed by atoms with Crippen molar-refractivity contribution in [2.24, 2.45) is 0 Å². The predicted octanol–water partition coefficient (Wildman–Crippen LogP) is 2.89. The van der Waals surface area contributed by atoms with Gasteiger partial charge >= 0.3 is 0 Å². The lowest BCUT2D eigenvalue weighted by atomic mass is 10.1. The molecule has 4 nitrogen and oxygen atoms in total. The van der Waals surface area contributed by atoms with E-state index in [-0.39, 0.29) is 18.4 Å². The molecule has 1 aromatic rings. The van der Waals surface area contributed by atoms with Crippen LogP contribution in [0.4, 0.5) is 5.69 Å². The van der Waals surface area contributed by atoms with E-state index < -0.39 is 0 Å². The number of hydrogen-bond donors (Lipinski definition) is 1. The highest BCUT2D eigenvalue weighted by Crippen LogP contribution is 2.15. The first-order chi connectivity index (χ1) is 10.2. The van der Waals surface area contributed by atoms with Gasteiger partial charge in [-0.25, -0.2) is 0 Å². The maximum Gasteiger partial charge on any atom is 0.244 e. The number of thioether (sulfide) groups is 1. The summed E-state index contributed by atoms with van der Waals surface area (Å²) in [6.45, 7) is 2.34. The molecule has 0 radical (unpaired) electrons. The van der Waals surface area contributed by atoms with Gasteiger partial charge in [-0.3, -0.25) is 9.59 Å². The third-order valence-corrected chi connectivity index (χ3v) is 4.41. The molecule has 0 unspecified atom stereocenters. The molecule has 1 fully saturated rings. The van der Waals surface area contributed by atoms with Gasteiger partial charge in [0.1, 0.15) is 6.54 Å². The predicted molar refractivity (Wildman–Crippen MR) is 87.3 cm³/mol. The number of benzene rings is 1. The van der Waals surface area contributed by atoms with Crippen LogP contribution in [0.1, 0.15) is 31.7 Å². The molecule has 2 amide bonds. The van der Waals surface area contributed by atoms with E-state index in [0.717, 1.165) is 12.1 Å². The molecule has 0 aliphatic carbocycles. The molecule has 21 heavy (non-hydrogen) atoms. The minimum atomic E-state index is -0.135. The fourth-order valence-electron chi connectivity index (χ4n) is 2.25. The summed E-state index contributed by atoms with van der Waals surface area (Å²) < 4.78 is 0. The summed E-state index contributed by atoms with van der Waals surface area (Å²) >= 11 is 1.55. The van der Waals surface area contributed by atoms with E-state index in [1.165, 1.54) is 24.8 Å². The largest absolute Gasteiger partial charge is 0.325 e. The SMILES string of the molecule is CCCCCc1ccc(NC(=O)CN2CSCC2=O)cc1. The highest BCUT2D eigenvalue weighted by Gasteiger charge is 2.22. The van der Waals surface area contributed by atoms with Crippen LogP contribution in [0.2, 0.25) is 0 Å². The van der Waals surface area contributed by atoms with Crippen molar-refractivity contribution in [3.05, 3.63) is 29.8 Å². The Morgan fingerprint density at radius 3 is 2.67 bits per heavy atom. The monoisotopic (exact) mass is 306 g/mol. The smallest absolute Gasteiger partial charge is 0.244 e. The van der Waals surface area contributed by atoms with E-state index in [1.54, 1.807) is 16.7 Å². The third kappa shape index (κ3) is 5.08. The van der Waals surface area contributed by atoms with Gasteiger partial charge in [0, 0.05) is 5.69 Å². The Morgan fingerprint density at radius 1 is 1.29 bits per heavy atom. The normalized spacial score (nSPS) is 14.5. The molecule has 0 atom stereocenters. The summed E-state index contributed by atoms with van der Waals surface area (Å²) in [6.07, 6.45) is 4.76. The van der Waals surface area contributed by atoms with E-state index in [4.69, 9.17) is 0 Å². The average Bonchev–Trinajstić information content (AvgIpc) is 2.86. The van der Waals surface area contributed by atoms with Gasteiger partial charge in [-0.2, -0.15) is 0 Å². The number of unbranched alkanes of at least 4 members (excludes halogenated alkanes) is 2. The van der Waals surface area contributed by atoms with Crippen LogP contribution in [0.15, 0.2) is 24.3 Å². The van der Waals surface area contributed by atoms with Gasteiger partial charge in [-0.15, -0.1) is 11.8 Å². The maximum atomic E-state index is 11.9. The Morgan fingerprint density at radius 2 is 2.05 bits per heavy atom. The summed E-state index contributed by atoms with van der Waals surface area (Å²) in [4.78, 5) is 24.9. The molecule has 2 rings (SSSR count). The molecule has 1 heterocycles. The van der Waals surface area contributed by atoms with Gasteiger partial charge in [-0.05, 0) is 30.5 Å². The summed E-state index contributed by atoms with van der Waals surface area (Å²) in [5.41, 5.74) is 2.09. The van der Waals surface area contributed by atoms with Crippen LogP contribution >= 0.6 is 11.8 Å². The number of carbonyl (C=O) groups is 2. The molecule has 1 N–H and O–H groups in total. The first-order valence-corrected chi connectivity index (χ1v) is 8.59. The lowest BCUT2D eigenvalue weighted by Crippen LogP contribution is -2.34. The van der Waals surface area contributed by atoms with E-state index in [9.17, 15) is 9.59 Å². The Bertz CT molecular complexity index is 488. The van der Waals surface area contributed by atoms with Gasteiger partial charge in [0.2, 0.25) is 11.8 Å². The Hall–Kier alpha value is -1.49. The van der Waals surface area contributed by atoms with Crippen molar-refractivity contribution in [2.75, 3.05) is 23.5 Å². The molecular formula is C16H22N2O2S. The highest BCUT2D eigenvalue weighted by molar-refractivity contribution is 8.00. The zero-order valence-corrected chi connectivity index (χ0v) is 13.2. The van der Waals surface area contributed by atoms with Crippen LogP contribution < -0.4 is 5.32 Å². The van der Waals surface area contributed by atoms with Crippen molar-refractivity contribution in [3.8, 4) is 0 Å². The van der Waals surface area contributed by atoms with Crippen LogP contribution in [0.3, 0.4) is 0 Å². The van der Waals surface area contributed by atoms with Crippen LogP contribution in [0.25, 0.3) is 0 Å². The lowest BCUT2D eigenvalue weighted by Gasteiger charge is -2.14. The summed E-state index contributed by atoms with van der Waals surface area (Å²) in [5, 5.41) is 2.84. The number of nitrogens with zero attached hydrogens (tertiary/aromatic N) is 1. The average molecular weight is 306 g/mol. The topological polar surface area (TPSA) is 49.4 Å². The zero-order chi connectivity index (χ0) is 15.1. The summed E-state index contributed by atoms with van der Waals surface area (Å²) in [6, 6.07) is 7.98. The zero-order valence-electron chi connectivity index (χ0n) is 12.4. The second kappa shape index (κ2) is 8.08. The van der Waals surface area contributed by atoms with Crippen LogP contribution in [0, 0.1) is 0 Å². The van der Waals surface area contributed by atoms with E-state index in [2.05, 4.69) is 24.4 Å². The van der Waals surface area contributed by atoms with E-state index in [0.29, 0.717) is 11.6 Å². The third-order valence-electron chi connectivity index (χ3n) is 3.47. The maximum absolute atomic E-state index is 11.9. The van der Waals surface area contributed by atoms with E-state index in [1.807, 2.05) is 12.1 Å². The Labute approximate surface area is 130 Å². The first-order valence-electron chi connectivity index (χ1n) is 7.43. The van der Waals surface area contributed by atoms with Crippen LogP contribution in [-0.2, 0) is 16.0 Å². The minimum absolute atomic E-state index is 0.0430.